The van der Waals surface area contributed by atoms with Gasteiger partial charge >= 0.3 is 142 Å². The molecule has 0 atom stereocenters. The van der Waals surface area contributed by atoms with Crippen molar-refractivity contribution in [3.63, 3.8) is 0 Å². The van der Waals surface area contributed by atoms with Gasteiger partial charge < -0.3 is 0 Å². The van der Waals surface area contributed by atoms with Crippen LogP contribution in [0, 0.1) is 0 Å². The Hall–Kier alpha value is -1.32. The first-order valence-corrected chi connectivity index (χ1v) is 16.5. The summed E-state index contributed by atoms with van der Waals surface area (Å²) >= 11 is 1.86. The van der Waals surface area contributed by atoms with Gasteiger partial charge in [-0.1, -0.05) is 0 Å². The summed E-state index contributed by atoms with van der Waals surface area (Å²) in [5, 5.41) is 2.31. The van der Waals surface area contributed by atoms with Crippen LogP contribution in [0.1, 0.15) is 11.1 Å². The van der Waals surface area contributed by atoms with Gasteiger partial charge in [0.1, 0.15) is 0 Å². The predicted molar refractivity (Wildman–Crippen MR) is 101 cm³/mol. The standard InChI is InChI=1S/C20H19BrGe/c21-22(20-14-8-3-9-15-20,16-18-10-4-1-5-11-18)17-19-12-6-2-7-13-19/h1-15H,16-17H2. The van der Waals surface area contributed by atoms with E-state index >= 15 is 0 Å². The van der Waals surface area contributed by atoms with Crippen LogP contribution < -0.4 is 4.40 Å². The first-order chi connectivity index (χ1) is 10.8. The average Bonchev–Trinajstić information content (AvgIpc) is 2.57. The molecule has 0 N–H and O–H groups in total. The van der Waals surface area contributed by atoms with E-state index in [0.717, 1.165) is 10.5 Å². The van der Waals surface area contributed by atoms with Crippen LogP contribution in [0.2, 0.25) is 0 Å². The quantitative estimate of drug-likeness (QED) is 0.529. The van der Waals surface area contributed by atoms with Gasteiger partial charge in [0.15, 0.2) is 0 Å². The SMILES string of the molecule is [Br][Ge]([CH2]c1ccccc1)([CH2]c1ccccc1)[c]1ccccc1. The molecule has 0 saturated carbocycles. The van der Waals surface area contributed by atoms with Gasteiger partial charge in [-0.15, -0.1) is 0 Å². The van der Waals surface area contributed by atoms with E-state index < -0.39 is 11.4 Å². The Bertz CT molecular complexity index is 654. The molecule has 3 rings (SSSR count). The van der Waals surface area contributed by atoms with Gasteiger partial charge in [0.05, 0.1) is 0 Å². The number of hydrogen-bond acceptors (Lipinski definition) is 0. The Morgan fingerprint density at radius 2 is 0.909 bits per heavy atom. The molecule has 110 valence electrons. The van der Waals surface area contributed by atoms with E-state index in [1.54, 1.807) is 0 Å². The van der Waals surface area contributed by atoms with E-state index in [1.807, 2.05) is 0 Å². The summed E-state index contributed by atoms with van der Waals surface area (Å²) in [6.45, 7) is 0. The Kier molecular flexibility index (Phi) is 5.17. The third kappa shape index (κ3) is 3.90. The molecular formula is C20H19BrGe. The maximum atomic E-state index is 4.25. The van der Waals surface area contributed by atoms with Crippen molar-refractivity contribution in [3.8, 4) is 0 Å². The van der Waals surface area contributed by atoms with E-state index in [-0.39, 0.29) is 0 Å². The Morgan fingerprint density at radius 1 is 0.545 bits per heavy atom. The Balaban J connectivity index is 1.95. The summed E-state index contributed by atoms with van der Waals surface area (Å²) in [4.78, 5) is 0. The van der Waals surface area contributed by atoms with Crippen LogP contribution in [0.4, 0.5) is 0 Å². The zero-order valence-corrected chi connectivity index (χ0v) is 16.1. The van der Waals surface area contributed by atoms with Gasteiger partial charge in [-0.2, -0.15) is 0 Å². The van der Waals surface area contributed by atoms with Gasteiger partial charge in [0, 0.05) is 0 Å². The van der Waals surface area contributed by atoms with Gasteiger partial charge in [0.2, 0.25) is 0 Å². The summed E-state index contributed by atoms with van der Waals surface area (Å²) in [6, 6.07) is 32.7. The number of hydrogen-bond donors (Lipinski definition) is 0. The molecule has 0 nitrogen and oxygen atoms in total. The van der Waals surface area contributed by atoms with E-state index in [1.165, 1.54) is 15.5 Å². The topological polar surface area (TPSA) is 0 Å². The molecule has 0 aliphatic carbocycles. The van der Waals surface area contributed by atoms with Crippen LogP contribution in [0.25, 0.3) is 0 Å². The van der Waals surface area contributed by atoms with Crippen molar-refractivity contribution in [2.45, 2.75) is 10.5 Å². The van der Waals surface area contributed by atoms with Gasteiger partial charge in [-0.25, -0.2) is 0 Å². The zero-order valence-electron chi connectivity index (χ0n) is 12.5. The molecular weight excluding hydrogens is 393 g/mol. The molecule has 0 saturated heterocycles. The van der Waals surface area contributed by atoms with E-state index in [9.17, 15) is 0 Å². The predicted octanol–water partition coefficient (Wildman–Crippen LogP) is 4.80. The molecule has 0 bridgehead atoms. The van der Waals surface area contributed by atoms with Crippen molar-refractivity contribution in [1.82, 2.24) is 0 Å². The van der Waals surface area contributed by atoms with Crippen molar-refractivity contribution in [1.29, 1.82) is 0 Å². The second kappa shape index (κ2) is 7.30. The van der Waals surface area contributed by atoms with Crippen molar-refractivity contribution in [2.24, 2.45) is 0 Å². The van der Waals surface area contributed by atoms with Gasteiger partial charge in [0.25, 0.3) is 0 Å². The van der Waals surface area contributed by atoms with Gasteiger partial charge in [-0.05, 0) is 0 Å². The molecule has 0 amide bonds. The second-order valence-corrected chi connectivity index (χ2v) is 20.3. The van der Waals surface area contributed by atoms with E-state index in [2.05, 4.69) is 105 Å². The fourth-order valence-electron chi connectivity index (χ4n) is 2.84. The molecule has 0 heterocycles. The minimum absolute atomic E-state index is 1.15. The molecule has 0 fully saturated rings. The number of rotatable bonds is 5. The number of halogens is 1. The van der Waals surface area contributed by atoms with Crippen LogP contribution in [-0.2, 0) is 10.5 Å². The van der Waals surface area contributed by atoms with Crippen molar-refractivity contribution < 1.29 is 0 Å². The average molecular weight is 412 g/mol. The van der Waals surface area contributed by atoms with Crippen molar-refractivity contribution >= 4 is 29.8 Å². The maximum absolute atomic E-state index is 4.25. The molecule has 0 radical (unpaired) electrons. The summed E-state index contributed by atoms with van der Waals surface area (Å²) < 4.78 is 1.51. The van der Waals surface area contributed by atoms with Crippen LogP contribution in [-0.4, -0.2) is 11.4 Å². The summed E-state index contributed by atoms with van der Waals surface area (Å²) in [5.41, 5.74) is 2.86. The third-order valence-corrected chi connectivity index (χ3v) is 16.2. The number of benzene rings is 3. The van der Waals surface area contributed by atoms with E-state index in [4.69, 9.17) is 0 Å². The van der Waals surface area contributed by atoms with Crippen LogP contribution in [0.3, 0.4) is 0 Å². The normalized spacial score (nSPS) is 11.3. The van der Waals surface area contributed by atoms with E-state index in [0.29, 0.717) is 0 Å². The molecule has 0 aliphatic heterocycles. The molecule has 0 aliphatic rings. The van der Waals surface area contributed by atoms with Crippen molar-refractivity contribution in [3.05, 3.63) is 102 Å². The molecule has 0 aromatic heterocycles. The van der Waals surface area contributed by atoms with Crippen LogP contribution >= 0.6 is 14.0 Å². The first kappa shape index (κ1) is 15.6. The Labute approximate surface area is 142 Å². The first-order valence-electron chi connectivity index (χ1n) is 7.59. The minimum atomic E-state index is -2.39. The fourth-order valence-corrected chi connectivity index (χ4v) is 14.1. The molecule has 0 spiro atoms. The second-order valence-electron chi connectivity index (χ2n) is 5.66. The monoisotopic (exact) mass is 412 g/mol. The van der Waals surface area contributed by atoms with Gasteiger partial charge in [-0.3, -0.25) is 0 Å². The summed E-state index contributed by atoms with van der Waals surface area (Å²) in [6.07, 6.45) is 0. The third-order valence-electron chi connectivity index (χ3n) is 3.95. The molecule has 0 unspecified atom stereocenters. The molecule has 3 aromatic rings. The van der Waals surface area contributed by atoms with Crippen LogP contribution in [0.15, 0.2) is 91.0 Å². The Morgan fingerprint density at radius 3 is 1.32 bits per heavy atom. The molecule has 2 heteroatoms. The van der Waals surface area contributed by atoms with Crippen molar-refractivity contribution in [2.75, 3.05) is 0 Å². The summed E-state index contributed by atoms with van der Waals surface area (Å²) in [7, 11) is 0. The summed E-state index contributed by atoms with van der Waals surface area (Å²) in [5.74, 6) is 0. The molecule has 3 aromatic carbocycles. The van der Waals surface area contributed by atoms with Crippen LogP contribution in [0.5, 0.6) is 0 Å². The zero-order chi connectivity index (χ0) is 15.3. The molecule has 22 heavy (non-hydrogen) atoms. The fraction of sp³-hybridized carbons (Fsp3) is 0.100.